The molecule has 3 N–H and O–H groups in total. The van der Waals surface area contributed by atoms with Crippen LogP contribution in [0.2, 0.25) is 0 Å². The molecule has 0 spiro atoms. The Kier molecular flexibility index (Phi) is 4.45. The second-order valence-corrected chi connectivity index (χ2v) is 5.04. The summed E-state index contributed by atoms with van der Waals surface area (Å²) in [5.41, 5.74) is 3.23. The molecule has 0 saturated heterocycles. The van der Waals surface area contributed by atoms with E-state index in [1.807, 2.05) is 26.8 Å². The highest BCUT2D eigenvalue weighted by molar-refractivity contribution is 7.80. The third-order valence-corrected chi connectivity index (χ3v) is 1.99. The molecule has 0 aliphatic carbocycles. The Bertz CT molecular complexity index is 424. The van der Waals surface area contributed by atoms with Crippen LogP contribution in [0.4, 0.5) is 0 Å². The Morgan fingerprint density at radius 2 is 2.00 bits per heavy atom. The standard InChI is InChI=1S/C12H17N3OS/c1-12(2,3)14-11(17)15-13-8-9-6-4-5-7-10(9)16/h4-8,16H,1-3H3,(H2,14,15,17). The van der Waals surface area contributed by atoms with Crippen molar-refractivity contribution < 1.29 is 5.11 Å². The van der Waals surface area contributed by atoms with Gasteiger partial charge >= 0.3 is 0 Å². The average Bonchev–Trinajstić information content (AvgIpc) is 2.18. The third kappa shape index (κ3) is 5.31. The van der Waals surface area contributed by atoms with Gasteiger partial charge in [0.25, 0.3) is 0 Å². The molecule has 4 nitrogen and oxygen atoms in total. The predicted octanol–water partition coefficient (Wildman–Crippen LogP) is 1.99. The molecule has 0 saturated carbocycles. The van der Waals surface area contributed by atoms with Crippen LogP contribution in [0.3, 0.4) is 0 Å². The predicted molar refractivity (Wildman–Crippen MR) is 74.3 cm³/mol. The van der Waals surface area contributed by atoms with Crippen molar-refractivity contribution in [1.29, 1.82) is 0 Å². The van der Waals surface area contributed by atoms with Crippen LogP contribution in [0.5, 0.6) is 5.75 Å². The number of rotatable bonds is 2. The van der Waals surface area contributed by atoms with E-state index < -0.39 is 0 Å². The maximum absolute atomic E-state index is 9.49. The minimum Gasteiger partial charge on any atom is -0.507 e. The molecule has 1 aromatic rings. The van der Waals surface area contributed by atoms with Crippen molar-refractivity contribution in [3.8, 4) is 5.75 Å². The third-order valence-electron chi connectivity index (χ3n) is 1.80. The van der Waals surface area contributed by atoms with Gasteiger partial charge in [0.05, 0.1) is 6.21 Å². The molecule has 0 fully saturated rings. The molecule has 0 aliphatic heterocycles. The van der Waals surface area contributed by atoms with Crippen molar-refractivity contribution in [3.05, 3.63) is 29.8 Å². The molecule has 0 aromatic heterocycles. The van der Waals surface area contributed by atoms with Crippen LogP contribution in [0.25, 0.3) is 0 Å². The smallest absolute Gasteiger partial charge is 0.187 e. The maximum atomic E-state index is 9.49. The van der Waals surface area contributed by atoms with Gasteiger partial charge in [-0.05, 0) is 45.1 Å². The first-order chi connectivity index (χ1) is 7.88. The lowest BCUT2D eigenvalue weighted by Crippen LogP contribution is -2.44. The summed E-state index contributed by atoms with van der Waals surface area (Å²) in [6, 6.07) is 6.95. The fraction of sp³-hybridized carbons (Fsp3) is 0.333. The van der Waals surface area contributed by atoms with E-state index in [1.54, 1.807) is 18.2 Å². The molecule has 0 amide bonds. The Morgan fingerprint density at radius 1 is 1.35 bits per heavy atom. The summed E-state index contributed by atoms with van der Waals surface area (Å²) in [5.74, 6) is 0.188. The molecular formula is C12H17N3OS. The van der Waals surface area contributed by atoms with Gasteiger partial charge in [-0.1, -0.05) is 12.1 Å². The number of aromatic hydroxyl groups is 1. The number of thiocarbonyl (C=S) groups is 1. The van der Waals surface area contributed by atoms with E-state index in [2.05, 4.69) is 15.8 Å². The molecule has 0 atom stereocenters. The number of hydrazone groups is 1. The molecule has 0 radical (unpaired) electrons. The molecular weight excluding hydrogens is 234 g/mol. The zero-order valence-corrected chi connectivity index (χ0v) is 11.0. The van der Waals surface area contributed by atoms with E-state index in [0.29, 0.717) is 10.7 Å². The van der Waals surface area contributed by atoms with Gasteiger partial charge in [-0.2, -0.15) is 5.10 Å². The molecule has 1 rings (SSSR count). The monoisotopic (exact) mass is 251 g/mol. The summed E-state index contributed by atoms with van der Waals surface area (Å²) < 4.78 is 0. The largest absolute Gasteiger partial charge is 0.507 e. The van der Waals surface area contributed by atoms with Crippen molar-refractivity contribution in [3.63, 3.8) is 0 Å². The highest BCUT2D eigenvalue weighted by atomic mass is 32.1. The quantitative estimate of drug-likeness (QED) is 0.427. The van der Waals surface area contributed by atoms with Crippen molar-refractivity contribution in [1.82, 2.24) is 10.7 Å². The summed E-state index contributed by atoms with van der Waals surface area (Å²) in [6.07, 6.45) is 1.52. The molecule has 92 valence electrons. The van der Waals surface area contributed by atoms with Crippen LogP contribution >= 0.6 is 12.2 Å². The van der Waals surface area contributed by atoms with E-state index >= 15 is 0 Å². The van der Waals surface area contributed by atoms with Gasteiger partial charge in [-0.3, -0.25) is 5.43 Å². The summed E-state index contributed by atoms with van der Waals surface area (Å²) in [6.45, 7) is 6.02. The van der Waals surface area contributed by atoms with Gasteiger partial charge < -0.3 is 10.4 Å². The zero-order chi connectivity index (χ0) is 12.9. The highest BCUT2D eigenvalue weighted by Gasteiger charge is 2.09. The maximum Gasteiger partial charge on any atom is 0.187 e. The minimum absolute atomic E-state index is 0.103. The number of phenolic OH excluding ortho intramolecular Hbond substituents is 1. The van der Waals surface area contributed by atoms with Crippen LogP contribution in [-0.2, 0) is 0 Å². The number of benzene rings is 1. The van der Waals surface area contributed by atoms with E-state index in [-0.39, 0.29) is 11.3 Å². The molecule has 0 bridgehead atoms. The molecule has 17 heavy (non-hydrogen) atoms. The van der Waals surface area contributed by atoms with Crippen molar-refractivity contribution in [2.75, 3.05) is 0 Å². The van der Waals surface area contributed by atoms with Crippen LogP contribution in [0.1, 0.15) is 26.3 Å². The number of hydrogen-bond acceptors (Lipinski definition) is 3. The van der Waals surface area contributed by atoms with Gasteiger partial charge in [0.1, 0.15) is 5.75 Å². The number of hydrogen-bond donors (Lipinski definition) is 3. The molecule has 5 heteroatoms. The summed E-state index contributed by atoms with van der Waals surface area (Å²) in [4.78, 5) is 0. The van der Waals surface area contributed by atoms with Crippen LogP contribution < -0.4 is 10.7 Å². The molecule has 1 aromatic carbocycles. The summed E-state index contributed by atoms with van der Waals surface area (Å²) in [5, 5.41) is 17.0. The van der Waals surface area contributed by atoms with Crippen LogP contribution in [0, 0.1) is 0 Å². The lowest BCUT2D eigenvalue weighted by Gasteiger charge is -2.21. The lowest BCUT2D eigenvalue weighted by atomic mass is 10.1. The fourth-order valence-electron chi connectivity index (χ4n) is 1.13. The van der Waals surface area contributed by atoms with Crippen LogP contribution in [-0.4, -0.2) is 22.0 Å². The second kappa shape index (κ2) is 5.63. The number of nitrogens with zero attached hydrogens (tertiary/aromatic N) is 1. The van der Waals surface area contributed by atoms with Crippen molar-refractivity contribution >= 4 is 23.5 Å². The first-order valence-corrected chi connectivity index (χ1v) is 5.68. The SMILES string of the molecule is CC(C)(C)NC(=S)NN=Cc1ccccc1O. The highest BCUT2D eigenvalue weighted by Crippen LogP contribution is 2.12. The summed E-state index contributed by atoms with van der Waals surface area (Å²) >= 11 is 5.05. The minimum atomic E-state index is -0.103. The molecule has 0 aliphatic rings. The number of phenols is 1. The van der Waals surface area contributed by atoms with E-state index in [4.69, 9.17) is 12.2 Å². The normalized spacial score (nSPS) is 11.5. The van der Waals surface area contributed by atoms with Gasteiger partial charge in [0, 0.05) is 11.1 Å². The van der Waals surface area contributed by atoms with E-state index in [0.717, 1.165) is 0 Å². The Morgan fingerprint density at radius 3 is 2.59 bits per heavy atom. The van der Waals surface area contributed by atoms with E-state index in [9.17, 15) is 5.11 Å². The van der Waals surface area contributed by atoms with E-state index in [1.165, 1.54) is 6.21 Å². The first-order valence-electron chi connectivity index (χ1n) is 5.28. The fourth-order valence-corrected chi connectivity index (χ4v) is 1.48. The van der Waals surface area contributed by atoms with Gasteiger partial charge in [-0.25, -0.2) is 0 Å². The summed E-state index contributed by atoms with van der Waals surface area (Å²) in [7, 11) is 0. The van der Waals surface area contributed by atoms with Gasteiger partial charge in [0.15, 0.2) is 5.11 Å². The average molecular weight is 251 g/mol. The number of nitrogens with one attached hydrogen (secondary N) is 2. The van der Waals surface area contributed by atoms with Gasteiger partial charge in [-0.15, -0.1) is 0 Å². The van der Waals surface area contributed by atoms with Crippen LogP contribution in [0.15, 0.2) is 29.4 Å². The molecule has 0 heterocycles. The number of para-hydroxylation sites is 1. The second-order valence-electron chi connectivity index (χ2n) is 4.63. The molecule has 0 unspecified atom stereocenters. The zero-order valence-electron chi connectivity index (χ0n) is 10.2. The van der Waals surface area contributed by atoms with Crippen molar-refractivity contribution in [2.24, 2.45) is 5.10 Å². The Balaban J connectivity index is 2.51. The first kappa shape index (κ1) is 13.4. The van der Waals surface area contributed by atoms with Gasteiger partial charge in [0.2, 0.25) is 0 Å². The van der Waals surface area contributed by atoms with Crippen molar-refractivity contribution in [2.45, 2.75) is 26.3 Å². The Labute approximate surface area is 107 Å². The lowest BCUT2D eigenvalue weighted by molar-refractivity contribution is 0.474. The topological polar surface area (TPSA) is 56.7 Å². The Hall–Kier alpha value is -1.62.